The number of hydrogen-bond acceptors (Lipinski definition) is 6. The lowest BCUT2D eigenvalue weighted by atomic mass is 9.82. The molecule has 6 fully saturated rings. The highest BCUT2D eigenvalue weighted by Gasteiger charge is 2.52. The summed E-state index contributed by atoms with van der Waals surface area (Å²) in [7, 11) is -4.67. The van der Waals surface area contributed by atoms with E-state index in [1.165, 1.54) is 64.7 Å². The summed E-state index contributed by atoms with van der Waals surface area (Å²) < 4.78 is 31.6. The lowest BCUT2D eigenvalue weighted by molar-refractivity contribution is 0.281. The van der Waals surface area contributed by atoms with Gasteiger partial charge in [0, 0.05) is 39.3 Å². The van der Waals surface area contributed by atoms with Crippen molar-refractivity contribution in [2.24, 2.45) is 80.3 Å². The second-order valence-corrected chi connectivity index (χ2v) is 12.8. The van der Waals surface area contributed by atoms with Crippen molar-refractivity contribution >= 4 is 22.3 Å². The third-order valence-corrected chi connectivity index (χ3v) is 9.85. The molecule has 13 heteroatoms. The average molecular weight is 543 g/mol. The van der Waals surface area contributed by atoms with Crippen molar-refractivity contribution in [1.82, 2.24) is 9.80 Å². The Morgan fingerprint density at radius 3 is 1.16 bits per heavy atom. The van der Waals surface area contributed by atoms with Crippen LogP contribution >= 0.6 is 0 Å². The molecule has 0 radical (unpaired) electrons. The van der Waals surface area contributed by atoms with Gasteiger partial charge in [0.2, 0.25) is 0 Å². The van der Waals surface area contributed by atoms with Crippen molar-refractivity contribution in [3.63, 3.8) is 0 Å². The van der Waals surface area contributed by atoms with Gasteiger partial charge in [-0.25, -0.2) is 0 Å². The van der Waals surface area contributed by atoms with E-state index in [2.05, 4.69) is 19.8 Å². The van der Waals surface area contributed by atoms with Gasteiger partial charge in [0.15, 0.2) is 11.9 Å². The monoisotopic (exact) mass is 542 g/mol. The fourth-order valence-electron chi connectivity index (χ4n) is 8.54. The van der Waals surface area contributed by atoms with Crippen molar-refractivity contribution in [2.75, 3.05) is 52.4 Å². The van der Waals surface area contributed by atoms with Gasteiger partial charge in [-0.3, -0.25) is 19.1 Å². The Kier molecular flexibility index (Phi) is 9.21. The van der Waals surface area contributed by atoms with Gasteiger partial charge >= 0.3 is 10.4 Å². The van der Waals surface area contributed by atoms with Crippen LogP contribution in [0.25, 0.3) is 0 Å². The molecule has 10 N–H and O–H groups in total. The van der Waals surface area contributed by atoms with Gasteiger partial charge in [-0.1, -0.05) is 0 Å². The van der Waals surface area contributed by atoms with E-state index in [1.807, 2.05) is 0 Å². The van der Waals surface area contributed by atoms with Crippen LogP contribution in [0.1, 0.15) is 38.5 Å². The summed E-state index contributed by atoms with van der Waals surface area (Å²) in [5.74, 6) is 8.61. The van der Waals surface area contributed by atoms with Crippen molar-refractivity contribution in [1.29, 1.82) is 0 Å². The van der Waals surface area contributed by atoms with Crippen LogP contribution in [-0.4, -0.2) is 91.6 Å². The van der Waals surface area contributed by atoms with Crippen molar-refractivity contribution in [3.8, 4) is 0 Å². The molecule has 2 heterocycles. The maximum absolute atomic E-state index is 8.74. The zero-order valence-corrected chi connectivity index (χ0v) is 22.6. The minimum atomic E-state index is -4.67. The van der Waals surface area contributed by atoms with Crippen LogP contribution in [0, 0.1) is 47.3 Å². The lowest BCUT2D eigenvalue weighted by Gasteiger charge is -2.22. The quantitative estimate of drug-likeness (QED) is 0.148. The fourth-order valence-corrected chi connectivity index (χ4v) is 8.54. The Bertz CT molecular complexity index is 835. The highest BCUT2D eigenvalue weighted by Crippen LogP contribution is 2.55. The van der Waals surface area contributed by atoms with Gasteiger partial charge < -0.3 is 32.7 Å². The Morgan fingerprint density at radius 2 is 0.919 bits per heavy atom. The summed E-state index contributed by atoms with van der Waals surface area (Å²) in [4.78, 5) is 13.3. The SMILES string of the molecule is NC(N)=NCCN1C[C@@H]2[C@@H]3CC[C@@H](C3)[C@@H]2C1.NC(N)=NCCN1C[C@@H]2[C@@H]3CC[C@@H](C3)[C@@H]2C1.O=S(=O)(O)O. The van der Waals surface area contributed by atoms with Crippen molar-refractivity contribution < 1.29 is 17.5 Å². The molecule has 4 saturated carbocycles. The van der Waals surface area contributed by atoms with Crippen LogP contribution < -0.4 is 22.9 Å². The molecule has 212 valence electrons. The molecule has 4 aliphatic carbocycles. The van der Waals surface area contributed by atoms with Gasteiger partial charge in [0.25, 0.3) is 0 Å². The minimum Gasteiger partial charge on any atom is -0.370 e. The molecule has 6 aliphatic rings. The highest BCUT2D eigenvalue weighted by molar-refractivity contribution is 7.79. The van der Waals surface area contributed by atoms with Gasteiger partial charge in [0.1, 0.15) is 0 Å². The van der Waals surface area contributed by atoms with Crippen LogP contribution in [0.3, 0.4) is 0 Å². The third kappa shape index (κ3) is 7.69. The van der Waals surface area contributed by atoms with E-state index < -0.39 is 10.4 Å². The normalized spacial score (nSPS) is 37.2. The Balaban J connectivity index is 0.000000147. The summed E-state index contributed by atoms with van der Waals surface area (Å²) in [6, 6.07) is 0. The molecule has 0 aromatic rings. The second-order valence-electron chi connectivity index (χ2n) is 11.9. The van der Waals surface area contributed by atoms with Gasteiger partial charge in [-0.05, 0) is 85.9 Å². The lowest BCUT2D eigenvalue weighted by Crippen LogP contribution is -2.28. The molecule has 0 amide bonds. The largest absolute Gasteiger partial charge is 0.394 e. The zero-order valence-electron chi connectivity index (χ0n) is 21.7. The number of aliphatic imine (C=N–C) groups is 2. The second kappa shape index (κ2) is 12.0. The third-order valence-electron chi connectivity index (χ3n) is 9.85. The molecular formula is C24H46N8O4S. The summed E-state index contributed by atoms with van der Waals surface area (Å²) in [6.07, 6.45) is 9.02. The van der Waals surface area contributed by atoms with Crippen LogP contribution in [0.5, 0.6) is 0 Å². The van der Waals surface area contributed by atoms with Gasteiger partial charge in [0.05, 0.1) is 13.1 Å². The van der Waals surface area contributed by atoms with Crippen LogP contribution in [0.15, 0.2) is 9.98 Å². The van der Waals surface area contributed by atoms with Crippen LogP contribution in [-0.2, 0) is 10.4 Å². The number of hydrogen-bond donors (Lipinski definition) is 6. The molecule has 0 spiro atoms. The smallest absolute Gasteiger partial charge is 0.370 e. The Hall–Kier alpha value is -1.67. The Morgan fingerprint density at radius 1 is 0.649 bits per heavy atom. The molecule has 0 aromatic heterocycles. The molecule has 0 unspecified atom stereocenters. The zero-order chi connectivity index (χ0) is 26.7. The molecule has 4 bridgehead atoms. The first-order valence-electron chi connectivity index (χ1n) is 13.7. The predicted molar refractivity (Wildman–Crippen MR) is 144 cm³/mol. The molecule has 0 aromatic carbocycles. The summed E-state index contributed by atoms with van der Waals surface area (Å²) in [6.45, 7) is 8.78. The van der Waals surface area contributed by atoms with E-state index in [4.69, 9.17) is 40.5 Å². The topological polar surface area (TPSA) is 210 Å². The first-order chi connectivity index (χ1) is 17.5. The molecule has 6 rings (SSSR count). The Labute approximate surface area is 220 Å². The van der Waals surface area contributed by atoms with E-state index in [1.54, 1.807) is 0 Å². The number of rotatable bonds is 6. The predicted octanol–water partition coefficient (Wildman–Crippen LogP) is -0.177. The number of likely N-dealkylation sites (tertiary alicyclic amines) is 2. The number of fused-ring (bicyclic) bond motifs is 10. The van der Waals surface area contributed by atoms with Crippen LogP contribution in [0.2, 0.25) is 0 Å². The first-order valence-corrected chi connectivity index (χ1v) is 15.1. The van der Waals surface area contributed by atoms with Gasteiger partial charge in [-0.2, -0.15) is 8.42 Å². The molecule has 2 aliphatic heterocycles. The average Bonchev–Trinajstić information content (AvgIpc) is 3.60. The summed E-state index contributed by atoms with van der Waals surface area (Å²) >= 11 is 0. The number of nitrogens with two attached hydrogens (primary N) is 4. The molecule has 2 saturated heterocycles. The van der Waals surface area contributed by atoms with Crippen molar-refractivity contribution in [3.05, 3.63) is 0 Å². The van der Waals surface area contributed by atoms with E-state index in [9.17, 15) is 0 Å². The molecule has 37 heavy (non-hydrogen) atoms. The highest BCUT2D eigenvalue weighted by atomic mass is 32.3. The summed E-state index contributed by atoms with van der Waals surface area (Å²) in [5.41, 5.74) is 21.3. The maximum atomic E-state index is 8.74. The minimum absolute atomic E-state index is 0.222. The van der Waals surface area contributed by atoms with E-state index in [-0.39, 0.29) is 11.9 Å². The van der Waals surface area contributed by atoms with E-state index in [0.29, 0.717) is 0 Å². The molecule has 12 nitrogen and oxygen atoms in total. The first kappa shape index (κ1) is 28.3. The fraction of sp³-hybridized carbons (Fsp3) is 0.917. The maximum Gasteiger partial charge on any atom is 0.394 e. The van der Waals surface area contributed by atoms with E-state index in [0.717, 1.165) is 73.5 Å². The molecule has 8 atom stereocenters. The number of guanidine groups is 2. The van der Waals surface area contributed by atoms with Crippen LogP contribution in [0.4, 0.5) is 0 Å². The summed E-state index contributed by atoms with van der Waals surface area (Å²) in [5, 5.41) is 0. The van der Waals surface area contributed by atoms with Gasteiger partial charge in [-0.15, -0.1) is 0 Å². The van der Waals surface area contributed by atoms with E-state index >= 15 is 0 Å². The number of nitrogens with zero attached hydrogens (tertiary/aromatic N) is 4. The van der Waals surface area contributed by atoms with Crippen molar-refractivity contribution in [2.45, 2.75) is 38.5 Å². The molecular weight excluding hydrogens is 496 g/mol. The standard InChI is InChI=1S/2C12H22N4.H2O4S/c2*13-12(14)15-3-4-16-6-10-8-1-2-9(5-8)11(10)7-16;1-5(2,3)4/h2*8-11H,1-7H2,(H4,13,14,15);(H2,1,2,3,4)/t2*8-,9+,10-,11+;.